The van der Waals surface area contributed by atoms with Crippen molar-refractivity contribution >= 4 is 45.8 Å². The first-order valence-corrected chi connectivity index (χ1v) is 12.0. The Labute approximate surface area is 221 Å². The number of aromatic carboxylic acids is 1. The Hall–Kier alpha value is -3.81. The number of fused-ring (bicyclic) bond motifs is 3. The number of hydrogen-bond donors (Lipinski definition) is 2. The Balaban J connectivity index is 1.69. The Morgan fingerprint density at radius 2 is 1.85 bits per heavy atom. The van der Waals surface area contributed by atoms with Gasteiger partial charge in [0, 0.05) is 43.1 Å². The van der Waals surface area contributed by atoms with Gasteiger partial charge < -0.3 is 15.3 Å². The molecule has 0 amide bonds. The van der Waals surface area contributed by atoms with E-state index in [0.29, 0.717) is 6.20 Å². The molecule has 0 saturated carbocycles. The lowest BCUT2D eigenvalue weighted by Gasteiger charge is -2.33. The molecule has 15 heteroatoms. The van der Waals surface area contributed by atoms with E-state index in [9.17, 15) is 36.2 Å². The third-order valence-corrected chi connectivity index (χ3v) is 6.66. The molecule has 4 aromatic rings. The SMILES string of the molecule is C[C@@H](Nc1ccc(Cl)nc1C(=O)O)c1cc(F)cc2c1nc(N1CCC(F)(F)CC1)n1cc(C(F)(F)F)nc21. The molecule has 0 bridgehead atoms. The molecule has 0 unspecified atom stereocenters. The van der Waals surface area contributed by atoms with Crippen LogP contribution in [-0.4, -0.2) is 49.4 Å². The summed E-state index contributed by atoms with van der Waals surface area (Å²) in [5.74, 6) is -5.16. The standard InChI is InChI=1S/C24H19ClF6N6O2/c1-11(32-15-2-3-17(25)34-19(15)21(38)39)13-8-12(26)9-14-18(13)35-22(36-6-4-23(27,28)5-7-36)37-10-16(24(29,30)31)33-20(14)37/h2-3,8-11,32H,4-7H2,1H3,(H,38,39)/t11-/m1/s1. The van der Waals surface area contributed by atoms with E-state index < -0.39 is 54.2 Å². The van der Waals surface area contributed by atoms with Gasteiger partial charge >= 0.3 is 12.1 Å². The van der Waals surface area contributed by atoms with Crippen molar-refractivity contribution in [1.29, 1.82) is 0 Å². The van der Waals surface area contributed by atoms with Gasteiger partial charge in [-0.25, -0.2) is 32.9 Å². The van der Waals surface area contributed by atoms with E-state index in [1.54, 1.807) is 6.92 Å². The smallest absolute Gasteiger partial charge is 0.434 e. The number of aromatic nitrogens is 4. The maximum Gasteiger partial charge on any atom is 0.434 e. The summed E-state index contributed by atoms with van der Waals surface area (Å²) in [6.07, 6.45) is -5.17. The molecule has 0 aliphatic carbocycles. The highest BCUT2D eigenvalue weighted by molar-refractivity contribution is 6.29. The van der Waals surface area contributed by atoms with Gasteiger partial charge in [-0.05, 0) is 31.2 Å². The molecular weight excluding hydrogens is 554 g/mol. The van der Waals surface area contributed by atoms with Crippen molar-refractivity contribution in [3.05, 3.63) is 58.4 Å². The monoisotopic (exact) mass is 572 g/mol. The first kappa shape index (κ1) is 26.8. The van der Waals surface area contributed by atoms with Gasteiger partial charge in [0.15, 0.2) is 11.4 Å². The van der Waals surface area contributed by atoms with Gasteiger partial charge in [-0.3, -0.25) is 4.40 Å². The van der Waals surface area contributed by atoms with Gasteiger partial charge in [-0.1, -0.05) is 11.6 Å². The molecule has 1 saturated heterocycles. The average molecular weight is 573 g/mol. The van der Waals surface area contributed by atoms with E-state index in [4.69, 9.17) is 11.6 Å². The minimum Gasteiger partial charge on any atom is -0.476 e. The number of halogens is 7. The number of alkyl halides is 5. The zero-order valence-electron chi connectivity index (χ0n) is 20.0. The summed E-state index contributed by atoms with van der Waals surface area (Å²) in [6, 6.07) is 3.97. The normalized spacial score (nSPS) is 16.6. The van der Waals surface area contributed by atoms with Crippen LogP contribution < -0.4 is 10.2 Å². The first-order chi connectivity index (χ1) is 18.2. The summed E-state index contributed by atoms with van der Waals surface area (Å²) >= 11 is 5.81. The molecular formula is C24H19ClF6N6O2. The van der Waals surface area contributed by atoms with Crippen LogP contribution in [0.15, 0.2) is 30.5 Å². The molecule has 1 fully saturated rings. The third kappa shape index (κ3) is 5.12. The van der Waals surface area contributed by atoms with Gasteiger partial charge in [-0.15, -0.1) is 0 Å². The van der Waals surface area contributed by atoms with E-state index in [0.717, 1.165) is 16.5 Å². The zero-order chi connectivity index (χ0) is 28.3. The van der Waals surface area contributed by atoms with Crippen molar-refractivity contribution < 1.29 is 36.2 Å². The van der Waals surface area contributed by atoms with Crippen LogP contribution in [0.1, 0.15) is 47.6 Å². The Bertz CT molecular complexity index is 1600. The van der Waals surface area contributed by atoms with Crippen molar-refractivity contribution in [2.45, 2.75) is 37.9 Å². The van der Waals surface area contributed by atoms with Crippen molar-refractivity contribution in [2.75, 3.05) is 23.3 Å². The highest BCUT2D eigenvalue weighted by Gasteiger charge is 2.38. The van der Waals surface area contributed by atoms with E-state index in [1.807, 2.05) is 0 Å². The van der Waals surface area contributed by atoms with Crippen LogP contribution in [0.2, 0.25) is 5.15 Å². The Kier molecular flexibility index (Phi) is 6.48. The molecule has 3 aromatic heterocycles. The first-order valence-electron chi connectivity index (χ1n) is 11.6. The number of imidazole rings is 1. The highest BCUT2D eigenvalue weighted by Crippen LogP contribution is 2.37. The lowest BCUT2D eigenvalue weighted by molar-refractivity contribution is -0.140. The second-order valence-electron chi connectivity index (χ2n) is 9.16. The topological polar surface area (TPSA) is 95.6 Å². The van der Waals surface area contributed by atoms with Crippen LogP contribution in [0.5, 0.6) is 0 Å². The number of rotatable bonds is 5. The number of carboxylic acid groups (broad SMARTS) is 1. The van der Waals surface area contributed by atoms with Crippen LogP contribution in [0.4, 0.5) is 38.0 Å². The quantitative estimate of drug-likeness (QED) is 0.217. The Morgan fingerprint density at radius 3 is 2.49 bits per heavy atom. The summed E-state index contributed by atoms with van der Waals surface area (Å²) in [7, 11) is 0. The molecule has 2 N–H and O–H groups in total. The second-order valence-corrected chi connectivity index (χ2v) is 9.55. The number of nitrogens with zero attached hydrogens (tertiary/aromatic N) is 5. The number of nitrogens with one attached hydrogen (secondary N) is 1. The van der Waals surface area contributed by atoms with Crippen molar-refractivity contribution in [3.63, 3.8) is 0 Å². The molecule has 5 rings (SSSR count). The molecule has 0 spiro atoms. The van der Waals surface area contributed by atoms with E-state index in [-0.39, 0.29) is 52.0 Å². The zero-order valence-corrected chi connectivity index (χ0v) is 20.8. The average Bonchev–Trinajstić information content (AvgIpc) is 3.31. The largest absolute Gasteiger partial charge is 0.476 e. The van der Waals surface area contributed by atoms with Gasteiger partial charge in [0.1, 0.15) is 16.6 Å². The van der Waals surface area contributed by atoms with E-state index in [1.165, 1.54) is 17.0 Å². The van der Waals surface area contributed by atoms with Crippen molar-refractivity contribution in [1.82, 2.24) is 19.4 Å². The molecule has 206 valence electrons. The summed E-state index contributed by atoms with van der Waals surface area (Å²) in [5.41, 5.74) is -1.63. The number of carbonyl (C=O) groups is 1. The minimum atomic E-state index is -4.83. The van der Waals surface area contributed by atoms with Crippen LogP contribution >= 0.6 is 11.6 Å². The fourth-order valence-electron chi connectivity index (χ4n) is 4.54. The summed E-state index contributed by atoms with van der Waals surface area (Å²) in [5, 5.41) is 12.3. The minimum absolute atomic E-state index is 0.0482. The van der Waals surface area contributed by atoms with E-state index in [2.05, 4.69) is 20.3 Å². The third-order valence-electron chi connectivity index (χ3n) is 6.45. The fourth-order valence-corrected chi connectivity index (χ4v) is 4.69. The van der Waals surface area contributed by atoms with Crippen LogP contribution in [0, 0.1) is 5.82 Å². The van der Waals surface area contributed by atoms with Gasteiger partial charge in [0.25, 0.3) is 5.92 Å². The number of benzene rings is 1. The number of pyridine rings is 1. The van der Waals surface area contributed by atoms with Gasteiger partial charge in [0.05, 0.1) is 17.2 Å². The Morgan fingerprint density at radius 1 is 1.15 bits per heavy atom. The van der Waals surface area contributed by atoms with Gasteiger partial charge in [0.2, 0.25) is 5.95 Å². The summed E-state index contributed by atoms with van der Waals surface area (Å²) in [4.78, 5) is 25.1. The van der Waals surface area contributed by atoms with Crippen molar-refractivity contribution in [2.24, 2.45) is 0 Å². The van der Waals surface area contributed by atoms with Crippen molar-refractivity contribution in [3.8, 4) is 0 Å². The molecule has 1 aliphatic rings. The molecule has 8 nitrogen and oxygen atoms in total. The lowest BCUT2D eigenvalue weighted by Crippen LogP contribution is -2.40. The maximum absolute atomic E-state index is 14.8. The lowest BCUT2D eigenvalue weighted by atomic mass is 10.0. The number of anilines is 2. The fraction of sp³-hybridized carbons (Fsp3) is 0.333. The molecule has 39 heavy (non-hydrogen) atoms. The molecule has 1 atom stereocenters. The van der Waals surface area contributed by atoms with Crippen LogP contribution in [0.25, 0.3) is 16.6 Å². The predicted molar refractivity (Wildman–Crippen MR) is 130 cm³/mol. The predicted octanol–water partition coefficient (Wildman–Crippen LogP) is 6.20. The maximum atomic E-state index is 14.8. The van der Waals surface area contributed by atoms with Crippen LogP contribution in [-0.2, 0) is 6.18 Å². The molecule has 1 aliphatic heterocycles. The number of hydrogen-bond acceptors (Lipinski definition) is 6. The molecule has 4 heterocycles. The van der Waals surface area contributed by atoms with Crippen LogP contribution in [0.3, 0.4) is 0 Å². The van der Waals surface area contributed by atoms with Gasteiger partial charge in [-0.2, -0.15) is 13.2 Å². The summed E-state index contributed by atoms with van der Waals surface area (Å²) in [6.45, 7) is 1.21. The summed E-state index contributed by atoms with van der Waals surface area (Å²) < 4.78 is 84.4. The second kappa shape index (κ2) is 9.43. The number of carboxylic acids is 1. The highest BCUT2D eigenvalue weighted by atomic mass is 35.5. The number of piperidine rings is 1. The molecule has 0 radical (unpaired) electrons. The molecule has 1 aromatic carbocycles. The van der Waals surface area contributed by atoms with E-state index >= 15 is 0 Å².